The van der Waals surface area contributed by atoms with Gasteiger partial charge in [-0.05, 0) is 36.7 Å². The fraction of sp³-hybridized carbons (Fsp3) is 0.593. The third-order valence-corrected chi connectivity index (χ3v) is 6.08. The molecule has 0 aliphatic heterocycles. The van der Waals surface area contributed by atoms with Gasteiger partial charge in [-0.1, -0.05) is 64.4 Å². The molecule has 0 saturated carbocycles. The number of carbonyl (C=O) groups excluding carboxylic acids is 4. The van der Waals surface area contributed by atoms with E-state index >= 15 is 0 Å². The summed E-state index contributed by atoms with van der Waals surface area (Å²) in [4.78, 5) is 55.3. The number of rotatable bonds is 17. The zero-order valence-corrected chi connectivity index (χ0v) is 22.9. The van der Waals surface area contributed by atoms with Crippen LogP contribution in [0.3, 0.4) is 0 Å². The normalized spacial score (nSPS) is 14.1. The van der Waals surface area contributed by atoms with Gasteiger partial charge in [0.2, 0.25) is 11.7 Å². The molecule has 1 rings (SSSR count). The summed E-state index contributed by atoms with van der Waals surface area (Å²) in [5.41, 5.74) is 17.3. The van der Waals surface area contributed by atoms with Gasteiger partial charge < -0.3 is 32.6 Å². The number of amides is 2. The Labute approximate surface area is 225 Å². The Morgan fingerprint density at radius 1 is 1.03 bits per heavy atom. The van der Waals surface area contributed by atoms with Crippen molar-refractivity contribution in [2.45, 2.75) is 78.6 Å². The number of aliphatic imine (C=N–C) groups is 1. The van der Waals surface area contributed by atoms with Gasteiger partial charge in [0, 0.05) is 12.5 Å². The molecule has 0 spiro atoms. The predicted octanol–water partition coefficient (Wildman–Crippen LogP) is 1.34. The van der Waals surface area contributed by atoms with Crippen LogP contribution in [0.1, 0.15) is 65.4 Å². The first kappa shape index (κ1) is 32.6. The minimum atomic E-state index is -1.06. The highest BCUT2D eigenvalue weighted by atomic mass is 16.5. The highest BCUT2D eigenvalue weighted by Crippen LogP contribution is 2.19. The lowest BCUT2D eigenvalue weighted by Gasteiger charge is -2.26. The number of guanidine groups is 1. The summed E-state index contributed by atoms with van der Waals surface area (Å²) < 4.78 is 5.36. The lowest BCUT2D eigenvalue weighted by Crippen LogP contribution is -2.54. The number of Topliss-reactive ketones (excluding diaryl/α,β-unsaturated/α-hetero) is 1. The van der Waals surface area contributed by atoms with Crippen LogP contribution < -0.4 is 27.8 Å². The zero-order valence-electron chi connectivity index (χ0n) is 22.9. The molecule has 0 bridgehead atoms. The van der Waals surface area contributed by atoms with E-state index in [0.29, 0.717) is 32.2 Å². The molecule has 4 atom stereocenters. The topological polar surface area (TPSA) is 192 Å². The highest BCUT2D eigenvalue weighted by molar-refractivity contribution is 6.38. The SMILES string of the molecule is CCC(C)C(NC(=O)C(CC(=O)OCc1ccccc1)CC(C)C)C(=O)C(=O)NC(N)CCCN=C(N)N. The Balaban J connectivity index is 2.82. The minimum Gasteiger partial charge on any atom is -0.461 e. The number of esters is 1. The maximum atomic E-state index is 13.2. The Bertz CT molecular complexity index is 933. The Morgan fingerprint density at radius 2 is 1.68 bits per heavy atom. The molecule has 0 saturated heterocycles. The minimum absolute atomic E-state index is 0.0369. The van der Waals surface area contributed by atoms with E-state index in [2.05, 4.69) is 15.6 Å². The number of hydrogen-bond donors (Lipinski definition) is 5. The van der Waals surface area contributed by atoms with Gasteiger partial charge in [-0.15, -0.1) is 0 Å². The molecule has 0 aromatic heterocycles. The molecule has 0 heterocycles. The van der Waals surface area contributed by atoms with Gasteiger partial charge in [0.25, 0.3) is 5.91 Å². The summed E-state index contributed by atoms with van der Waals surface area (Å²) in [6.07, 6.45) is 0.921. The molecular weight excluding hydrogens is 488 g/mol. The van der Waals surface area contributed by atoms with Crippen LogP contribution in [0.2, 0.25) is 0 Å². The molecule has 11 nitrogen and oxygen atoms in total. The van der Waals surface area contributed by atoms with E-state index < -0.39 is 41.7 Å². The summed E-state index contributed by atoms with van der Waals surface area (Å²) in [7, 11) is 0. The molecule has 8 N–H and O–H groups in total. The first-order valence-corrected chi connectivity index (χ1v) is 13.1. The van der Waals surface area contributed by atoms with E-state index in [1.807, 2.05) is 51.1 Å². The fourth-order valence-corrected chi connectivity index (χ4v) is 3.80. The summed E-state index contributed by atoms with van der Waals surface area (Å²) in [5.74, 6) is -3.60. The molecule has 4 unspecified atom stereocenters. The van der Waals surface area contributed by atoms with Gasteiger partial charge in [-0.25, -0.2) is 0 Å². The van der Waals surface area contributed by atoms with Crippen LogP contribution in [0.4, 0.5) is 0 Å². The summed E-state index contributed by atoms with van der Waals surface area (Å²) >= 11 is 0. The number of nitrogens with zero attached hydrogens (tertiary/aromatic N) is 1. The van der Waals surface area contributed by atoms with E-state index in [9.17, 15) is 19.2 Å². The molecule has 212 valence electrons. The maximum absolute atomic E-state index is 13.2. The molecule has 0 radical (unpaired) electrons. The lowest BCUT2D eigenvalue weighted by atomic mass is 9.90. The largest absolute Gasteiger partial charge is 0.461 e. The smallest absolute Gasteiger partial charge is 0.306 e. The summed E-state index contributed by atoms with van der Waals surface area (Å²) in [5, 5.41) is 5.21. The van der Waals surface area contributed by atoms with Crippen molar-refractivity contribution in [2.75, 3.05) is 6.54 Å². The van der Waals surface area contributed by atoms with E-state index in [4.69, 9.17) is 21.9 Å². The molecule has 11 heteroatoms. The highest BCUT2D eigenvalue weighted by Gasteiger charge is 2.34. The summed E-state index contributed by atoms with van der Waals surface area (Å²) in [6.45, 7) is 7.96. The van der Waals surface area contributed by atoms with Crippen LogP contribution in [0.15, 0.2) is 35.3 Å². The van der Waals surface area contributed by atoms with Crippen LogP contribution in [0.25, 0.3) is 0 Å². The van der Waals surface area contributed by atoms with Crippen LogP contribution >= 0.6 is 0 Å². The van der Waals surface area contributed by atoms with Crippen molar-refractivity contribution in [3.05, 3.63) is 35.9 Å². The first-order valence-electron chi connectivity index (χ1n) is 13.1. The van der Waals surface area contributed by atoms with Crippen molar-refractivity contribution in [1.29, 1.82) is 0 Å². The van der Waals surface area contributed by atoms with Crippen molar-refractivity contribution in [1.82, 2.24) is 10.6 Å². The number of ketones is 1. The predicted molar refractivity (Wildman–Crippen MR) is 146 cm³/mol. The van der Waals surface area contributed by atoms with E-state index in [-0.39, 0.29) is 30.8 Å². The van der Waals surface area contributed by atoms with Crippen molar-refractivity contribution >= 4 is 29.5 Å². The molecule has 0 fully saturated rings. The number of benzene rings is 1. The number of nitrogens with two attached hydrogens (primary N) is 3. The average molecular weight is 533 g/mol. The molecule has 38 heavy (non-hydrogen) atoms. The van der Waals surface area contributed by atoms with E-state index in [1.165, 1.54) is 0 Å². The van der Waals surface area contributed by atoms with Crippen molar-refractivity contribution in [3.8, 4) is 0 Å². The zero-order chi connectivity index (χ0) is 28.7. The molecule has 0 aliphatic rings. The second kappa shape index (κ2) is 17.1. The summed E-state index contributed by atoms with van der Waals surface area (Å²) in [6, 6.07) is 8.19. The second-order valence-corrected chi connectivity index (χ2v) is 9.94. The monoisotopic (exact) mass is 532 g/mol. The Morgan fingerprint density at radius 3 is 2.26 bits per heavy atom. The van der Waals surface area contributed by atoms with Crippen molar-refractivity contribution in [3.63, 3.8) is 0 Å². The first-order chi connectivity index (χ1) is 17.9. The number of carbonyl (C=O) groups is 4. The molecule has 1 aromatic rings. The number of ether oxygens (including phenoxy) is 1. The molecular formula is C27H44N6O5. The molecule has 0 aliphatic carbocycles. The number of hydrogen-bond acceptors (Lipinski definition) is 7. The lowest BCUT2D eigenvalue weighted by molar-refractivity contribution is -0.149. The van der Waals surface area contributed by atoms with Gasteiger partial charge in [0.05, 0.1) is 18.6 Å². The van der Waals surface area contributed by atoms with Crippen LogP contribution in [-0.4, -0.2) is 48.3 Å². The van der Waals surface area contributed by atoms with Crippen LogP contribution in [0.5, 0.6) is 0 Å². The van der Waals surface area contributed by atoms with Gasteiger partial charge >= 0.3 is 5.97 Å². The maximum Gasteiger partial charge on any atom is 0.306 e. The van der Waals surface area contributed by atoms with Gasteiger partial charge in [-0.3, -0.25) is 24.2 Å². The molecule has 1 aromatic carbocycles. The standard InChI is InChI=1S/C27H44N6O5/c1-5-18(4)23(24(35)26(37)32-21(28)12-9-13-31-27(29)30)33-25(36)20(14-17(2)3)15-22(34)38-16-19-10-7-6-8-11-19/h6-8,10-11,17-18,20-21,23H,5,9,12-16,28H2,1-4H3,(H,32,37)(H,33,36)(H4,29,30,31). The van der Waals surface area contributed by atoms with Crippen molar-refractivity contribution in [2.24, 2.45) is 39.9 Å². The Hall–Kier alpha value is -3.47. The quantitative estimate of drug-likeness (QED) is 0.0495. The average Bonchev–Trinajstić information content (AvgIpc) is 2.87. The van der Waals surface area contributed by atoms with Crippen molar-refractivity contribution < 1.29 is 23.9 Å². The van der Waals surface area contributed by atoms with E-state index in [1.54, 1.807) is 6.92 Å². The Kier molecular flexibility index (Phi) is 14.7. The number of nitrogens with one attached hydrogen (secondary N) is 2. The third-order valence-electron chi connectivity index (χ3n) is 6.08. The molecule has 2 amide bonds. The van der Waals surface area contributed by atoms with Crippen LogP contribution in [-0.2, 0) is 30.5 Å². The van der Waals surface area contributed by atoms with E-state index in [0.717, 1.165) is 5.56 Å². The van der Waals surface area contributed by atoms with Gasteiger partial charge in [0.1, 0.15) is 6.61 Å². The second-order valence-electron chi connectivity index (χ2n) is 9.94. The van der Waals surface area contributed by atoms with Crippen LogP contribution in [0, 0.1) is 17.8 Å². The van der Waals surface area contributed by atoms with Gasteiger partial charge in [-0.2, -0.15) is 0 Å². The van der Waals surface area contributed by atoms with Gasteiger partial charge in [0.15, 0.2) is 5.96 Å². The third kappa shape index (κ3) is 12.7. The fourth-order valence-electron chi connectivity index (χ4n) is 3.80.